The summed E-state index contributed by atoms with van der Waals surface area (Å²) in [5.41, 5.74) is 7.42. The van der Waals surface area contributed by atoms with Gasteiger partial charge in [0.2, 0.25) is 0 Å². The number of sulfonamides is 1. The van der Waals surface area contributed by atoms with E-state index in [2.05, 4.69) is 55.8 Å². The smallest absolute Gasteiger partial charge is 0.268 e. The van der Waals surface area contributed by atoms with Gasteiger partial charge in [-0.25, -0.2) is 26.9 Å². The van der Waals surface area contributed by atoms with Crippen molar-refractivity contribution in [2.45, 2.75) is 69.9 Å². The Balaban J connectivity index is 0.968. The zero-order valence-corrected chi connectivity index (χ0v) is 37.7. The van der Waals surface area contributed by atoms with E-state index in [1.807, 2.05) is 35.2 Å². The number of piperazine rings is 1. The Labute approximate surface area is 373 Å². The van der Waals surface area contributed by atoms with E-state index < -0.39 is 35.3 Å². The number of aryl methyl sites for hydroxylation is 1. The van der Waals surface area contributed by atoms with Crippen LogP contribution in [0.3, 0.4) is 0 Å². The molecule has 2 aliphatic heterocycles. The number of anilines is 2. The first kappa shape index (κ1) is 44.6. The van der Waals surface area contributed by atoms with Crippen LogP contribution < -0.4 is 19.7 Å². The number of rotatable bonds is 14. The molecule has 0 atom stereocenters. The van der Waals surface area contributed by atoms with Crippen molar-refractivity contribution in [3.05, 3.63) is 112 Å². The highest BCUT2D eigenvalue weighted by Gasteiger charge is 2.31. The first-order valence-corrected chi connectivity index (χ1v) is 23.6. The molecular formula is C48H56ClF2N7O4S. The number of alkyl halides is 2. The number of ether oxygens (including phenoxy) is 1. The molecule has 4 heterocycles. The number of hydrogen-bond donors (Lipinski definition) is 3. The van der Waals surface area contributed by atoms with E-state index in [1.54, 1.807) is 37.5 Å². The summed E-state index contributed by atoms with van der Waals surface area (Å²) in [7, 11) is -4.30. The first-order valence-electron chi connectivity index (χ1n) is 21.8. The molecular weight excluding hydrogens is 844 g/mol. The van der Waals surface area contributed by atoms with Crippen LogP contribution in [0.1, 0.15) is 67.4 Å². The van der Waals surface area contributed by atoms with E-state index in [-0.39, 0.29) is 27.7 Å². The number of likely N-dealkylation sites (tertiary alicyclic amines) is 1. The van der Waals surface area contributed by atoms with Gasteiger partial charge in [-0.05, 0) is 116 Å². The molecule has 11 nitrogen and oxygen atoms in total. The van der Waals surface area contributed by atoms with E-state index in [9.17, 15) is 22.0 Å². The van der Waals surface area contributed by atoms with Crippen LogP contribution in [0.4, 0.5) is 20.2 Å². The summed E-state index contributed by atoms with van der Waals surface area (Å²) in [6.07, 6.45) is 7.98. The van der Waals surface area contributed by atoms with Crippen molar-refractivity contribution in [2.24, 2.45) is 5.41 Å². The maximum absolute atomic E-state index is 14.0. The molecule has 0 saturated carbocycles. The molecule has 8 rings (SSSR count). The van der Waals surface area contributed by atoms with Crippen molar-refractivity contribution in [3.63, 3.8) is 0 Å². The van der Waals surface area contributed by atoms with Gasteiger partial charge in [0.05, 0.1) is 22.7 Å². The minimum absolute atomic E-state index is 0.0566. The van der Waals surface area contributed by atoms with Crippen LogP contribution in [0.15, 0.2) is 95.7 Å². The number of carbonyl (C=O) groups is 1. The van der Waals surface area contributed by atoms with E-state index in [4.69, 9.17) is 16.3 Å². The Morgan fingerprint density at radius 3 is 2.43 bits per heavy atom. The van der Waals surface area contributed by atoms with Gasteiger partial charge in [-0.3, -0.25) is 14.6 Å². The first-order chi connectivity index (χ1) is 30.3. The lowest BCUT2D eigenvalue weighted by Gasteiger charge is -2.39. The second-order valence-electron chi connectivity index (χ2n) is 17.9. The lowest BCUT2D eigenvalue weighted by atomic mass is 9.72. The van der Waals surface area contributed by atoms with Crippen molar-refractivity contribution >= 4 is 55.5 Å². The monoisotopic (exact) mass is 899 g/mol. The molecule has 3 aromatic carbocycles. The van der Waals surface area contributed by atoms with E-state index in [0.717, 1.165) is 73.8 Å². The average molecular weight is 901 g/mol. The summed E-state index contributed by atoms with van der Waals surface area (Å²) in [5.74, 6) is -0.229. The predicted octanol–water partition coefficient (Wildman–Crippen LogP) is 9.41. The number of amides is 1. The minimum atomic E-state index is -4.30. The summed E-state index contributed by atoms with van der Waals surface area (Å²) < 4.78 is 62.6. The number of halogens is 3. The van der Waals surface area contributed by atoms with Gasteiger partial charge in [0.15, 0.2) is 0 Å². The summed E-state index contributed by atoms with van der Waals surface area (Å²) in [6.45, 7) is 10.3. The number of nitrogens with zero attached hydrogens (tertiary/aromatic N) is 4. The molecule has 3 N–H and O–H groups in total. The fourth-order valence-corrected chi connectivity index (χ4v) is 10.2. The Morgan fingerprint density at radius 1 is 0.968 bits per heavy atom. The number of pyridine rings is 1. The second kappa shape index (κ2) is 19.0. The number of allylic oxidation sites excluding steroid dienone is 1. The third kappa shape index (κ3) is 10.5. The molecule has 334 valence electrons. The molecule has 0 unspecified atom stereocenters. The molecule has 0 radical (unpaired) electrons. The maximum atomic E-state index is 14.0. The van der Waals surface area contributed by atoms with E-state index >= 15 is 0 Å². The predicted molar refractivity (Wildman–Crippen MR) is 247 cm³/mol. The van der Waals surface area contributed by atoms with Gasteiger partial charge in [0, 0.05) is 85.9 Å². The third-order valence-corrected chi connectivity index (χ3v) is 14.4. The summed E-state index contributed by atoms with van der Waals surface area (Å²) in [4.78, 5) is 28.0. The molecule has 1 amide bonds. The highest BCUT2D eigenvalue weighted by molar-refractivity contribution is 7.90. The maximum Gasteiger partial charge on any atom is 0.268 e. The van der Waals surface area contributed by atoms with Gasteiger partial charge < -0.3 is 19.9 Å². The van der Waals surface area contributed by atoms with Crippen molar-refractivity contribution in [1.29, 1.82) is 0 Å². The highest BCUT2D eigenvalue weighted by Crippen LogP contribution is 2.43. The Bertz CT molecular complexity index is 2570. The number of aromatic amines is 1. The van der Waals surface area contributed by atoms with Gasteiger partial charge >= 0.3 is 0 Å². The van der Waals surface area contributed by atoms with Crippen LogP contribution in [0.25, 0.3) is 16.6 Å². The molecule has 15 heteroatoms. The fraction of sp³-hybridized carbons (Fsp3) is 0.417. The van der Waals surface area contributed by atoms with Crippen molar-refractivity contribution in [3.8, 4) is 11.5 Å². The van der Waals surface area contributed by atoms with Crippen molar-refractivity contribution in [1.82, 2.24) is 24.5 Å². The molecule has 5 aromatic rings. The topological polar surface area (TPSA) is 123 Å². The Kier molecular flexibility index (Phi) is 13.4. The van der Waals surface area contributed by atoms with Gasteiger partial charge in [-0.1, -0.05) is 43.2 Å². The molecule has 2 aromatic heterocycles. The standard InChI is InChI=1S/C48H56ClF2N7O4S/c1-32-24-41(9-11-44(32)54-37-14-18-57(19-15-37)39(28-50)29-51)63(60,61)55-47(59)42-10-8-38(26-45(42)62-40-25-34-13-17-52-46(34)53-30-40)58-22-20-56(21-23-58)31-35-12-16-48(2,3)27-43(35)33-4-6-36(49)7-5-33/h4-11,13,17,24-26,30,37,39,54H,12,14-16,18-23,27-29,31H2,1-3H3,(H,52,53)(H,55,59). The number of aromatic nitrogens is 2. The number of piperidine rings is 1. The van der Waals surface area contributed by atoms with Gasteiger partial charge in [0.1, 0.15) is 30.5 Å². The lowest BCUT2D eigenvalue weighted by molar-refractivity contribution is 0.0979. The van der Waals surface area contributed by atoms with Gasteiger partial charge in [-0.2, -0.15) is 0 Å². The minimum Gasteiger partial charge on any atom is -0.455 e. The number of nitrogens with one attached hydrogen (secondary N) is 3. The molecule has 1 aliphatic carbocycles. The number of H-pyrrole nitrogens is 1. The van der Waals surface area contributed by atoms with E-state index in [1.165, 1.54) is 28.8 Å². The van der Waals surface area contributed by atoms with Crippen LogP contribution in [-0.4, -0.2) is 105 Å². The second-order valence-corrected chi connectivity index (χ2v) is 20.0. The van der Waals surface area contributed by atoms with Crippen LogP contribution in [0, 0.1) is 12.3 Å². The average Bonchev–Trinajstić information content (AvgIpc) is 3.74. The summed E-state index contributed by atoms with van der Waals surface area (Å²) >= 11 is 6.25. The zero-order chi connectivity index (χ0) is 44.3. The highest BCUT2D eigenvalue weighted by atomic mass is 35.5. The Morgan fingerprint density at radius 2 is 1.71 bits per heavy atom. The SMILES string of the molecule is Cc1cc(S(=O)(=O)NC(=O)c2ccc(N3CCN(CC4=C(c5ccc(Cl)cc5)CC(C)(C)CC4)CC3)cc2Oc2cnc3[nH]ccc3c2)ccc1NC1CCN(C(CF)CF)CC1. The fourth-order valence-electron chi connectivity index (χ4n) is 9.05. The molecule has 2 fully saturated rings. The normalized spacial score (nSPS) is 18.0. The summed E-state index contributed by atoms with van der Waals surface area (Å²) in [6, 6.07) is 21.2. The number of benzene rings is 3. The van der Waals surface area contributed by atoms with Crippen LogP contribution in [0.5, 0.6) is 11.5 Å². The van der Waals surface area contributed by atoms with Crippen LogP contribution in [-0.2, 0) is 10.0 Å². The number of fused-ring (bicyclic) bond motifs is 1. The molecule has 2 saturated heterocycles. The third-order valence-electron chi connectivity index (χ3n) is 12.8. The van der Waals surface area contributed by atoms with Crippen molar-refractivity contribution < 1.29 is 26.7 Å². The zero-order valence-electron chi connectivity index (χ0n) is 36.1. The number of carbonyl (C=O) groups excluding carboxylic acids is 1. The largest absolute Gasteiger partial charge is 0.455 e. The van der Waals surface area contributed by atoms with Gasteiger partial charge in [-0.15, -0.1) is 0 Å². The molecule has 3 aliphatic rings. The molecule has 0 bridgehead atoms. The Hall–Kier alpha value is -5.02. The van der Waals surface area contributed by atoms with Gasteiger partial charge in [0.25, 0.3) is 15.9 Å². The summed E-state index contributed by atoms with van der Waals surface area (Å²) in [5, 5.41) is 5.02. The van der Waals surface area contributed by atoms with E-state index in [0.29, 0.717) is 42.9 Å². The van der Waals surface area contributed by atoms with Crippen LogP contribution in [0.2, 0.25) is 5.02 Å². The lowest BCUT2D eigenvalue weighted by Crippen LogP contribution is -2.47. The molecule has 0 spiro atoms. The number of hydrogen-bond acceptors (Lipinski definition) is 9. The van der Waals surface area contributed by atoms with Crippen molar-refractivity contribution in [2.75, 3.05) is 69.4 Å². The molecule has 63 heavy (non-hydrogen) atoms. The quantitative estimate of drug-likeness (QED) is 0.100. The van der Waals surface area contributed by atoms with Crippen LogP contribution >= 0.6 is 11.6 Å².